The maximum atomic E-state index is 12.1. The van der Waals surface area contributed by atoms with Gasteiger partial charge in [0, 0.05) is 38.2 Å². The number of nitrogens with one attached hydrogen (secondary N) is 1. The molecule has 0 heterocycles. The second kappa shape index (κ2) is 10.4. The number of hydrogen-bond acceptors (Lipinski definition) is 4. The fraction of sp³-hybridized carbons (Fsp3) is 0.444. The zero-order valence-corrected chi connectivity index (χ0v) is 14.1. The largest absolute Gasteiger partial charge is 0.382 e. The van der Waals surface area contributed by atoms with Gasteiger partial charge in [-0.25, -0.2) is 0 Å². The van der Waals surface area contributed by atoms with Crippen molar-refractivity contribution >= 4 is 11.6 Å². The summed E-state index contributed by atoms with van der Waals surface area (Å²) in [5, 5.41) is 12.0. The van der Waals surface area contributed by atoms with Crippen LogP contribution in [0.25, 0.3) is 0 Å². The summed E-state index contributed by atoms with van der Waals surface area (Å²) in [5.41, 5.74) is 2.20. The number of nitriles is 1. The van der Waals surface area contributed by atoms with Crippen molar-refractivity contribution in [1.29, 1.82) is 5.26 Å². The molecule has 0 aromatic heterocycles. The molecule has 23 heavy (non-hydrogen) atoms. The topological polar surface area (TPSA) is 65.4 Å². The first-order chi connectivity index (χ1) is 11.1. The molecule has 0 bridgehead atoms. The minimum atomic E-state index is -0.352. The molecule has 0 aliphatic rings. The highest BCUT2D eigenvalue weighted by atomic mass is 16.5. The maximum Gasteiger partial charge on any atom is 0.263 e. The molecule has 0 atom stereocenters. The smallest absolute Gasteiger partial charge is 0.263 e. The average Bonchev–Trinajstić information content (AvgIpc) is 2.55. The molecule has 0 saturated carbocycles. The lowest BCUT2D eigenvalue weighted by Gasteiger charge is -2.19. The van der Waals surface area contributed by atoms with E-state index in [-0.39, 0.29) is 11.5 Å². The number of carbonyl (C=O) groups is 1. The van der Waals surface area contributed by atoms with Gasteiger partial charge in [-0.15, -0.1) is 0 Å². The van der Waals surface area contributed by atoms with Crippen molar-refractivity contribution in [3.8, 4) is 6.07 Å². The second-order valence-electron chi connectivity index (χ2n) is 5.09. The van der Waals surface area contributed by atoms with Crippen molar-refractivity contribution in [3.05, 3.63) is 41.6 Å². The van der Waals surface area contributed by atoms with E-state index in [4.69, 9.17) is 4.74 Å². The standard InChI is InChI=1S/C18H25N3O2/c1-4-21(17-9-6-8-15(3)12-17)14-16(13-19)18(22)20-10-7-11-23-5-2/h6,8-9,12,14H,4-5,7,10-11H2,1-3H3,(H,20,22)/b16-14-. The van der Waals surface area contributed by atoms with Gasteiger partial charge in [0.1, 0.15) is 11.6 Å². The summed E-state index contributed by atoms with van der Waals surface area (Å²) < 4.78 is 5.21. The Kier molecular flexibility index (Phi) is 8.48. The molecule has 124 valence electrons. The third-order valence-corrected chi connectivity index (χ3v) is 3.28. The molecule has 0 saturated heterocycles. The molecule has 5 nitrogen and oxygen atoms in total. The van der Waals surface area contributed by atoms with Crippen molar-refractivity contribution < 1.29 is 9.53 Å². The van der Waals surface area contributed by atoms with E-state index >= 15 is 0 Å². The van der Waals surface area contributed by atoms with E-state index < -0.39 is 0 Å². The lowest BCUT2D eigenvalue weighted by Crippen LogP contribution is -2.28. The van der Waals surface area contributed by atoms with Crippen LogP contribution in [0.3, 0.4) is 0 Å². The van der Waals surface area contributed by atoms with E-state index in [0.29, 0.717) is 26.3 Å². The number of anilines is 1. The van der Waals surface area contributed by atoms with Crippen LogP contribution in [0.1, 0.15) is 25.8 Å². The van der Waals surface area contributed by atoms with Gasteiger partial charge in [0.15, 0.2) is 0 Å². The molecular weight excluding hydrogens is 290 g/mol. The Balaban J connectivity index is 2.72. The van der Waals surface area contributed by atoms with Crippen LogP contribution in [0.4, 0.5) is 5.69 Å². The zero-order chi connectivity index (χ0) is 17.1. The minimum absolute atomic E-state index is 0.102. The predicted molar refractivity (Wildman–Crippen MR) is 92.0 cm³/mol. The van der Waals surface area contributed by atoms with Crippen LogP contribution in [0.15, 0.2) is 36.0 Å². The second-order valence-corrected chi connectivity index (χ2v) is 5.09. The molecular formula is C18H25N3O2. The van der Waals surface area contributed by atoms with Crippen LogP contribution in [-0.2, 0) is 9.53 Å². The molecule has 0 unspecified atom stereocenters. The van der Waals surface area contributed by atoms with Crippen LogP contribution >= 0.6 is 0 Å². The summed E-state index contributed by atoms with van der Waals surface area (Å²) in [7, 11) is 0. The van der Waals surface area contributed by atoms with E-state index in [1.807, 2.05) is 56.0 Å². The molecule has 0 aliphatic heterocycles. The molecule has 0 radical (unpaired) electrons. The van der Waals surface area contributed by atoms with Gasteiger partial charge in [-0.2, -0.15) is 5.26 Å². The number of benzene rings is 1. The third-order valence-electron chi connectivity index (χ3n) is 3.28. The number of aryl methyl sites for hydroxylation is 1. The predicted octanol–water partition coefficient (Wildman–Crippen LogP) is 2.77. The third kappa shape index (κ3) is 6.54. The number of hydrogen-bond donors (Lipinski definition) is 1. The molecule has 0 aliphatic carbocycles. The number of ether oxygens (including phenoxy) is 1. The lowest BCUT2D eigenvalue weighted by atomic mass is 10.2. The Morgan fingerprint density at radius 3 is 2.83 bits per heavy atom. The summed E-state index contributed by atoms with van der Waals surface area (Å²) in [5.74, 6) is -0.352. The van der Waals surface area contributed by atoms with Gasteiger partial charge in [-0.05, 0) is 44.9 Å². The van der Waals surface area contributed by atoms with Gasteiger partial charge in [-0.3, -0.25) is 4.79 Å². The van der Waals surface area contributed by atoms with E-state index in [1.54, 1.807) is 6.20 Å². The first kappa shape index (κ1) is 18.7. The summed E-state index contributed by atoms with van der Waals surface area (Å²) in [6.45, 7) is 8.36. The number of amides is 1. The number of rotatable bonds is 9. The van der Waals surface area contributed by atoms with Gasteiger partial charge >= 0.3 is 0 Å². The Hall–Kier alpha value is -2.32. The Morgan fingerprint density at radius 1 is 1.43 bits per heavy atom. The Bertz CT molecular complexity index is 576. The first-order valence-corrected chi connectivity index (χ1v) is 7.93. The van der Waals surface area contributed by atoms with E-state index in [0.717, 1.165) is 17.7 Å². The van der Waals surface area contributed by atoms with Crippen molar-refractivity contribution in [2.45, 2.75) is 27.2 Å². The fourth-order valence-electron chi connectivity index (χ4n) is 2.06. The van der Waals surface area contributed by atoms with Gasteiger partial charge in [0.2, 0.25) is 0 Å². The van der Waals surface area contributed by atoms with Crippen molar-refractivity contribution in [2.75, 3.05) is 31.2 Å². The summed E-state index contributed by atoms with van der Waals surface area (Å²) in [4.78, 5) is 14.0. The molecule has 0 fully saturated rings. The molecule has 1 amide bonds. The van der Waals surface area contributed by atoms with Crippen molar-refractivity contribution in [3.63, 3.8) is 0 Å². The van der Waals surface area contributed by atoms with Crippen LogP contribution in [0, 0.1) is 18.3 Å². The zero-order valence-electron chi connectivity index (χ0n) is 14.1. The van der Waals surface area contributed by atoms with Gasteiger partial charge in [-0.1, -0.05) is 12.1 Å². The van der Waals surface area contributed by atoms with E-state index in [1.165, 1.54) is 0 Å². The number of carbonyl (C=O) groups excluding carboxylic acids is 1. The van der Waals surface area contributed by atoms with Crippen LogP contribution < -0.4 is 10.2 Å². The molecule has 1 N–H and O–H groups in total. The van der Waals surface area contributed by atoms with E-state index in [2.05, 4.69) is 5.32 Å². The lowest BCUT2D eigenvalue weighted by molar-refractivity contribution is -0.117. The Morgan fingerprint density at radius 2 is 2.22 bits per heavy atom. The molecule has 1 aromatic carbocycles. The first-order valence-electron chi connectivity index (χ1n) is 7.93. The highest BCUT2D eigenvalue weighted by Crippen LogP contribution is 2.17. The fourth-order valence-corrected chi connectivity index (χ4v) is 2.06. The molecule has 0 spiro atoms. The average molecular weight is 315 g/mol. The summed E-state index contributed by atoms with van der Waals surface area (Å²) in [6.07, 6.45) is 2.33. The molecule has 5 heteroatoms. The Labute approximate surface area is 138 Å². The van der Waals surface area contributed by atoms with Gasteiger partial charge in [0.25, 0.3) is 5.91 Å². The van der Waals surface area contributed by atoms with Gasteiger partial charge in [0.05, 0.1) is 0 Å². The normalized spacial score (nSPS) is 11.0. The van der Waals surface area contributed by atoms with Gasteiger partial charge < -0.3 is 15.0 Å². The summed E-state index contributed by atoms with van der Waals surface area (Å²) in [6, 6.07) is 9.93. The quantitative estimate of drug-likeness (QED) is 0.432. The molecule has 1 aromatic rings. The highest BCUT2D eigenvalue weighted by molar-refractivity contribution is 5.97. The number of nitrogens with zero attached hydrogens (tertiary/aromatic N) is 2. The molecule has 1 rings (SSSR count). The van der Waals surface area contributed by atoms with Crippen LogP contribution in [0.2, 0.25) is 0 Å². The summed E-state index contributed by atoms with van der Waals surface area (Å²) >= 11 is 0. The van der Waals surface area contributed by atoms with Crippen LogP contribution in [-0.4, -0.2) is 32.2 Å². The highest BCUT2D eigenvalue weighted by Gasteiger charge is 2.11. The van der Waals surface area contributed by atoms with Crippen molar-refractivity contribution in [1.82, 2.24) is 5.32 Å². The SMILES string of the molecule is CCOCCCNC(=O)/C(C#N)=C\N(CC)c1cccc(C)c1. The van der Waals surface area contributed by atoms with Crippen molar-refractivity contribution in [2.24, 2.45) is 0 Å². The van der Waals surface area contributed by atoms with E-state index in [9.17, 15) is 10.1 Å². The maximum absolute atomic E-state index is 12.1. The monoisotopic (exact) mass is 315 g/mol. The van der Waals surface area contributed by atoms with Crippen LogP contribution in [0.5, 0.6) is 0 Å². The minimum Gasteiger partial charge on any atom is -0.382 e.